The molecular weight excluding hydrogens is 298 g/mol. The molecule has 0 aromatic rings. The fraction of sp³-hybridized carbons (Fsp3) is 0.944. The van der Waals surface area contributed by atoms with Gasteiger partial charge >= 0.3 is 5.97 Å². The van der Waals surface area contributed by atoms with Crippen LogP contribution >= 0.6 is 12.4 Å². The highest BCUT2D eigenvalue weighted by atomic mass is 35.5. The minimum absolute atomic E-state index is 0. The highest BCUT2D eigenvalue weighted by Gasteiger charge is 2.35. The van der Waals surface area contributed by atoms with Gasteiger partial charge in [0.2, 0.25) is 0 Å². The summed E-state index contributed by atoms with van der Waals surface area (Å²) in [6, 6.07) is -0.0880. The summed E-state index contributed by atoms with van der Waals surface area (Å²) >= 11 is 0. The van der Waals surface area contributed by atoms with Crippen LogP contribution in [0.1, 0.15) is 66.2 Å². The number of hydrogen-bond donors (Lipinski definition) is 0. The summed E-state index contributed by atoms with van der Waals surface area (Å²) in [5, 5.41) is 0. The van der Waals surface area contributed by atoms with Crippen molar-refractivity contribution in [1.29, 1.82) is 0 Å². The third-order valence-corrected chi connectivity index (χ3v) is 4.96. The fourth-order valence-electron chi connectivity index (χ4n) is 3.46. The molecule has 1 aliphatic carbocycles. The number of unbranched alkanes of at least 4 members (excludes halogenated alkanes) is 1. The van der Waals surface area contributed by atoms with Gasteiger partial charge in [-0.3, -0.25) is 9.69 Å². The molecule has 1 fully saturated rings. The molecule has 0 bridgehead atoms. The van der Waals surface area contributed by atoms with E-state index in [9.17, 15) is 4.79 Å². The van der Waals surface area contributed by atoms with Gasteiger partial charge in [0.1, 0.15) is 12.1 Å². The maximum atomic E-state index is 12.6. The SMILES string of the molecule is CCCCC(C(=O)OC1CC(C)CCC1C(C)C)N(C)C.Cl. The summed E-state index contributed by atoms with van der Waals surface area (Å²) in [4.78, 5) is 14.6. The Kier molecular flexibility index (Phi) is 10.4. The van der Waals surface area contributed by atoms with Crippen LogP contribution in [-0.2, 0) is 9.53 Å². The van der Waals surface area contributed by atoms with Crippen LogP contribution < -0.4 is 0 Å². The molecule has 0 heterocycles. The van der Waals surface area contributed by atoms with Gasteiger partial charge in [-0.2, -0.15) is 0 Å². The van der Waals surface area contributed by atoms with Crippen molar-refractivity contribution in [3.05, 3.63) is 0 Å². The molecule has 132 valence electrons. The van der Waals surface area contributed by atoms with E-state index in [0.29, 0.717) is 17.8 Å². The van der Waals surface area contributed by atoms with Gasteiger partial charge in [0.25, 0.3) is 0 Å². The smallest absolute Gasteiger partial charge is 0.323 e. The van der Waals surface area contributed by atoms with Gasteiger partial charge < -0.3 is 4.74 Å². The van der Waals surface area contributed by atoms with Gasteiger partial charge in [0, 0.05) is 0 Å². The van der Waals surface area contributed by atoms with E-state index < -0.39 is 0 Å². The zero-order valence-electron chi connectivity index (χ0n) is 15.3. The standard InChI is InChI=1S/C18H35NO2.ClH/c1-7-8-9-16(19(5)6)18(20)21-17-12-14(4)10-11-15(17)13(2)3;/h13-17H,7-12H2,1-6H3;1H. The quantitative estimate of drug-likeness (QED) is 0.641. The molecule has 0 aromatic heterocycles. The molecule has 1 rings (SSSR count). The lowest BCUT2D eigenvalue weighted by molar-refractivity contribution is -0.161. The van der Waals surface area contributed by atoms with Crippen molar-refractivity contribution >= 4 is 18.4 Å². The monoisotopic (exact) mass is 333 g/mol. The number of ether oxygens (including phenoxy) is 1. The summed E-state index contributed by atoms with van der Waals surface area (Å²) < 4.78 is 5.98. The minimum atomic E-state index is -0.0880. The second-order valence-electron chi connectivity index (χ2n) is 7.42. The number of likely N-dealkylation sites (N-methyl/N-ethyl adjacent to an activating group) is 1. The Balaban J connectivity index is 0.00000441. The number of hydrogen-bond acceptors (Lipinski definition) is 3. The van der Waals surface area contributed by atoms with Gasteiger partial charge in [-0.25, -0.2) is 0 Å². The first-order valence-corrected chi connectivity index (χ1v) is 8.73. The maximum absolute atomic E-state index is 12.6. The Bertz CT molecular complexity index is 320. The Morgan fingerprint density at radius 3 is 2.41 bits per heavy atom. The fourth-order valence-corrected chi connectivity index (χ4v) is 3.46. The van der Waals surface area contributed by atoms with E-state index in [0.717, 1.165) is 25.7 Å². The molecule has 1 saturated carbocycles. The average Bonchev–Trinajstić information content (AvgIpc) is 2.38. The van der Waals surface area contributed by atoms with Crippen LogP contribution in [0.2, 0.25) is 0 Å². The highest BCUT2D eigenvalue weighted by molar-refractivity contribution is 5.85. The first-order valence-electron chi connectivity index (χ1n) is 8.73. The normalized spacial score (nSPS) is 26.6. The predicted molar refractivity (Wildman–Crippen MR) is 95.5 cm³/mol. The van der Waals surface area contributed by atoms with Crippen molar-refractivity contribution in [2.45, 2.75) is 78.4 Å². The van der Waals surface area contributed by atoms with Crippen LogP contribution in [0.15, 0.2) is 0 Å². The van der Waals surface area contributed by atoms with Crippen molar-refractivity contribution in [2.24, 2.45) is 17.8 Å². The lowest BCUT2D eigenvalue weighted by Gasteiger charge is -2.37. The van der Waals surface area contributed by atoms with Crippen LogP contribution in [0.25, 0.3) is 0 Å². The van der Waals surface area contributed by atoms with E-state index in [1.54, 1.807) is 0 Å². The summed E-state index contributed by atoms with van der Waals surface area (Å²) in [6.45, 7) is 8.94. The van der Waals surface area contributed by atoms with E-state index >= 15 is 0 Å². The first kappa shape index (κ1) is 21.7. The topological polar surface area (TPSA) is 29.5 Å². The molecule has 4 heteroatoms. The van der Waals surface area contributed by atoms with Gasteiger partial charge in [0.15, 0.2) is 0 Å². The number of halogens is 1. The summed E-state index contributed by atoms with van der Waals surface area (Å²) in [7, 11) is 3.95. The van der Waals surface area contributed by atoms with Crippen molar-refractivity contribution in [1.82, 2.24) is 4.90 Å². The van der Waals surface area contributed by atoms with Crippen LogP contribution in [0.4, 0.5) is 0 Å². The lowest BCUT2D eigenvalue weighted by atomic mass is 9.75. The van der Waals surface area contributed by atoms with Crippen LogP contribution in [0.5, 0.6) is 0 Å². The molecule has 0 N–H and O–H groups in total. The van der Waals surface area contributed by atoms with Crippen molar-refractivity contribution in [3.63, 3.8) is 0 Å². The molecule has 0 aromatic carbocycles. The third-order valence-electron chi connectivity index (χ3n) is 4.96. The summed E-state index contributed by atoms with van der Waals surface area (Å²) in [6.07, 6.45) is 6.70. The van der Waals surface area contributed by atoms with E-state index in [-0.39, 0.29) is 30.5 Å². The lowest BCUT2D eigenvalue weighted by Crippen LogP contribution is -2.42. The molecule has 0 aliphatic heterocycles. The molecule has 0 saturated heterocycles. The maximum Gasteiger partial charge on any atom is 0.323 e. The van der Waals surface area contributed by atoms with E-state index in [2.05, 4.69) is 27.7 Å². The number of carbonyl (C=O) groups is 1. The van der Waals surface area contributed by atoms with Gasteiger partial charge in [-0.05, 0) is 51.1 Å². The minimum Gasteiger partial charge on any atom is -0.461 e. The molecular formula is C18H36ClNO2. The second-order valence-corrected chi connectivity index (χ2v) is 7.42. The molecule has 4 atom stereocenters. The first-order chi connectivity index (χ1) is 9.86. The van der Waals surface area contributed by atoms with E-state index in [1.807, 2.05) is 19.0 Å². The Hall–Kier alpha value is -0.280. The van der Waals surface area contributed by atoms with Crippen molar-refractivity contribution in [2.75, 3.05) is 14.1 Å². The third kappa shape index (κ3) is 6.45. The number of rotatable bonds is 7. The summed E-state index contributed by atoms with van der Waals surface area (Å²) in [5.74, 6) is 1.77. The van der Waals surface area contributed by atoms with E-state index in [4.69, 9.17) is 4.74 Å². The second kappa shape index (κ2) is 10.5. The highest BCUT2D eigenvalue weighted by Crippen LogP contribution is 2.35. The van der Waals surface area contributed by atoms with Crippen LogP contribution in [0.3, 0.4) is 0 Å². The number of esters is 1. The number of carbonyl (C=O) groups excluding carboxylic acids is 1. The predicted octanol–water partition coefficient (Wildman–Crippen LogP) is 4.53. The molecule has 0 radical (unpaired) electrons. The van der Waals surface area contributed by atoms with Crippen molar-refractivity contribution < 1.29 is 9.53 Å². The number of nitrogens with zero attached hydrogens (tertiary/aromatic N) is 1. The average molecular weight is 334 g/mol. The zero-order chi connectivity index (χ0) is 16.0. The molecule has 3 nitrogen and oxygen atoms in total. The van der Waals surface area contributed by atoms with Crippen molar-refractivity contribution in [3.8, 4) is 0 Å². The molecule has 1 aliphatic rings. The van der Waals surface area contributed by atoms with Gasteiger partial charge in [-0.1, -0.05) is 47.0 Å². The molecule has 4 unspecified atom stereocenters. The summed E-state index contributed by atoms with van der Waals surface area (Å²) in [5.41, 5.74) is 0. The Morgan fingerprint density at radius 2 is 1.91 bits per heavy atom. The molecule has 0 amide bonds. The zero-order valence-corrected chi connectivity index (χ0v) is 16.1. The van der Waals surface area contributed by atoms with Crippen LogP contribution in [-0.4, -0.2) is 37.1 Å². The largest absolute Gasteiger partial charge is 0.461 e. The molecule has 0 spiro atoms. The Labute approximate surface area is 143 Å². The molecule has 22 heavy (non-hydrogen) atoms. The Morgan fingerprint density at radius 1 is 1.27 bits per heavy atom. The van der Waals surface area contributed by atoms with Crippen LogP contribution in [0, 0.1) is 17.8 Å². The van der Waals surface area contributed by atoms with Gasteiger partial charge in [-0.15, -0.1) is 12.4 Å². The van der Waals surface area contributed by atoms with E-state index in [1.165, 1.54) is 12.8 Å². The van der Waals surface area contributed by atoms with Gasteiger partial charge in [0.05, 0.1) is 0 Å².